The van der Waals surface area contributed by atoms with E-state index < -0.39 is 0 Å². The number of para-hydroxylation sites is 2. The number of rotatable bonds is 0. The SMILES string of the molecule is Cc1cccc2c1N1c3c(cccc3N(C)C1C)C2. The fraction of sp³-hybridized carbons (Fsp3) is 0.294. The molecule has 2 aliphatic rings. The van der Waals surface area contributed by atoms with Gasteiger partial charge >= 0.3 is 0 Å². The van der Waals surface area contributed by atoms with Crippen LogP contribution < -0.4 is 9.80 Å². The summed E-state index contributed by atoms with van der Waals surface area (Å²) in [5.74, 6) is 0. The lowest BCUT2D eigenvalue weighted by molar-refractivity contribution is 0.725. The van der Waals surface area contributed by atoms with Crippen molar-refractivity contribution in [2.45, 2.75) is 26.4 Å². The highest BCUT2D eigenvalue weighted by atomic mass is 15.4. The van der Waals surface area contributed by atoms with Crippen molar-refractivity contribution in [2.75, 3.05) is 16.8 Å². The lowest BCUT2D eigenvalue weighted by Gasteiger charge is -2.34. The highest BCUT2D eigenvalue weighted by Gasteiger charge is 2.37. The minimum absolute atomic E-state index is 0.385. The van der Waals surface area contributed by atoms with Gasteiger partial charge in [0.15, 0.2) is 0 Å². The minimum atomic E-state index is 0.385. The van der Waals surface area contributed by atoms with Crippen LogP contribution in [0.3, 0.4) is 0 Å². The Hall–Kier alpha value is -1.96. The number of benzene rings is 2. The highest BCUT2D eigenvalue weighted by molar-refractivity contribution is 5.90. The first kappa shape index (κ1) is 10.9. The van der Waals surface area contributed by atoms with Gasteiger partial charge in [-0.25, -0.2) is 0 Å². The van der Waals surface area contributed by atoms with Gasteiger partial charge in [0.1, 0.15) is 6.17 Å². The fourth-order valence-electron chi connectivity index (χ4n) is 3.56. The van der Waals surface area contributed by atoms with Crippen LogP contribution in [0.5, 0.6) is 0 Å². The molecule has 0 bridgehead atoms. The van der Waals surface area contributed by atoms with Gasteiger partial charge in [-0.15, -0.1) is 0 Å². The summed E-state index contributed by atoms with van der Waals surface area (Å²) in [5.41, 5.74) is 8.47. The standard InChI is InChI=1S/C17H18N2/c1-11-6-4-7-13-10-14-8-5-9-15-17(14)19(16(11)13)12(2)18(15)3/h4-9,12H,10H2,1-3H3. The first-order valence-corrected chi connectivity index (χ1v) is 6.91. The van der Waals surface area contributed by atoms with Crippen LogP contribution in [0.2, 0.25) is 0 Å². The summed E-state index contributed by atoms with van der Waals surface area (Å²) < 4.78 is 0. The Balaban J connectivity index is 2.05. The molecule has 0 saturated carbocycles. The quantitative estimate of drug-likeness (QED) is 0.701. The summed E-state index contributed by atoms with van der Waals surface area (Å²) in [6, 6.07) is 13.3. The van der Waals surface area contributed by atoms with E-state index in [-0.39, 0.29) is 0 Å². The molecule has 2 heterocycles. The van der Waals surface area contributed by atoms with Crippen LogP contribution in [0, 0.1) is 6.92 Å². The Labute approximate surface area is 114 Å². The molecule has 0 radical (unpaired) electrons. The Morgan fingerprint density at radius 1 is 1.00 bits per heavy atom. The molecule has 2 nitrogen and oxygen atoms in total. The number of aryl methyl sites for hydroxylation is 1. The van der Waals surface area contributed by atoms with Crippen molar-refractivity contribution < 1.29 is 0 Å². The molecule has 0 amide bonds. The third-order valence-electron chi connectivity index (χ3n) is 4.60. The number of anilines is 3. The zero-order chi connectivity index (χ0) is 13.1. The van der Waals surface area contributed by atoms with Gasteiger partial charge in [-0.3, -0.25) is 0 Å². The van der Waals surface area contributed by atoms with E-state index in [1.807, 2.05) is 0 Å². The Morgan fingerprint density at radius 3 is 2.47 bits per heavy atom. The van der Waals surface area contributed by atoms with E-state index in [2.05, 4.69) is 67.1 Å². The van der Waals surface area contributed by atoms with Crippen molar-refractivity contribution in [1.82, 2.24) is 0 Å². The molecule has 96 valence electrons. The Kier molecular flexibility index (Phi) is 2.03. The fourth-order valence-corrected chi connectivity index (χ4v) is 3.56. The van der Waals surface area contributed by atoms with Gasteiger partial charge in [0.05, 0.1) is 11.4 Å². The maximum absolute atomic E-state index is 2.51. The van der Waals surface area contributed by atoms with E-state index in [0.717, 1.165) is 6.42 Å². The molecule has 0 saturated heterocycles. The van der Waals surface area contributed by atoms with Gasteiger partial charge in [0.2, 0.25) is 0 Å². The molecule has 0 aliphatic carbocycles. The van der Waals surface area contributed by atoms with Crippen molar-refractivity contribution in [3.05, 3.63) is 53.1 Å². The molecule has 4 rings (SSSR count). The molecule has 0 aromatic heterocycles. The number of nitrogens with zero attached hydrogens (tertiary/aromatic N) is 2. The van der Waals surface area contributed by atoms with Crippen molar-refractivity contribution in [3.63, 3.8) is 0 Å². The molecule has 19 heavy (non-hydrogen) atoms. The van der Waals surface area contributed by atoms with Crippen LogP contribution in [0.1, 0.15) is 23.6 Å². The third-order valence-corrected chi connectivity index (χ3v) is 4.60. The van der Waals surface area contributed by atoms with Gasteiger partial charge in [0, 0.05) is 19.2 Å². The molecule has 0 fully saturated rings. The van der Waals surface area contributed by atoms with Crippen LogP contribution in [0.25, 0.3) is 0 Å². The molecule has 1 unspecified atom stereocenters. The zero-order valence-electron chi connectivity index (χ0n) is 11.6. The second-order valence-electron chi connectivity index (χ2n) is 5.66. The first-order valence-electron chi connectivity index (χ1n) is 6.91. The van der Waals surface area contributed by atoms with Crippen molar-refractivity contribution >= 4 is 17.1 Å². The molecular formula is C17H18N2. The smallest absolute Gasteiger partial charge is 0.103 e. The summed E-state index contributed by atoms with van der Waals surface area (Å²) in [6.45, 7) is 4.50. The van der Waals surface area contributed by atoms with Gasteiger partial charge in [0.25, 0.3) is 0 Å². The van der Waals surface area contributed by atoms with Gasteiger partial charge < -0.3 is 9.80 Å². The summed E-state index contributed by atoms with van der Waals surface area (Å²) >= 11 is 0. The van der Waals surface area contributed by atoms with E-state index in [0.29, 0.717) is 6.17 Å². The van der Waals surface area contributed by atoms with E-state index in [1.54, 1.807) is 0 Å². The first-order chi connectivity index (χ1) is 9.18. The molecule has 2 aromatic rings. The zero-order valence-corrected chi connectivity index (χ0v) is 11.6. The molecule has 1 atom stereocenters. The third kappa shape index (κ3) is 1.26. The number of hydrogen-bond acceptors (Lipinski definition) is 2. The predicted molar refractivity (Wildman–Crippen MR) is 80.4 cm³/mol. The van der Waals surface area contributed by atoms with E-state index in [4.69, 9.17) is 0 Å². The monoisotopic (exact) mass is 250 g/mol. The van der Waals surface area contributed by atoms with E-state index in [1.165, 1.54) is 33.8 Å². The highest BCUT2D eigenvalue weighted by Crippen LogP contribution is 2.51. The topological polar surface area (TPSA) is 6.48 Å². The molecule has 2 heteroatoms. The van der Waals surface area contributed by atoms with Crippen LogP contribution >= 0.6 is 0 Å². The summed E-state index contributed by atoms with van der Waals surface area (Å²) in [6.07, 6.45) is 1.44. The summed E-state index contributed by atoms with van der Waals surface area (Å²) in [5, 5.41) is 0. The maximum Gasteiger partial charge on any atom is 0.103 e. The van der Waals surface area contributed by atoms with Gasteiger partial charge in [-0.2, -0.15) is 0 Å². The average Bonchev–Trinajstić information content (AvgIpc) is 2.66. The van der Waals surface area contributed by atoms with E-state index >= 15 is 0 Å². The molecule has 2 aliphatic heterocycles. The van der Waals surface area contributed by atoms with Crippen LogP contribution in [-0.2, 0) is 6.42 Å². The van der Waals surface area contributed by atoms with E-state index in [9.17, 15) is 0 Å². The molecule has 0 N–H and O–H groups in total. The van der Waals surface area contributed by atoms with Crippen molar-refractivity contribution in [3.8, 4) is 0 Å². The largest absolute Gasteiger partial charge is 0.353 e. The lowest BCUT2D eigenvalue weighted by Crippen LogP contribution is -2.37. The second-order valence-corrected chi connectivity index (χ2v) is 5.66. The van der Waals surface area contributed by atoms with Crippen molar-refractivity contribution in [1.29, 1.82) is 0 Å². The normalized spacial score (nSPS) is 19.4. The lowest BCUT2D eigenvalue weighted by atomic mass is 9.93. The molecular weight excluding hydrogens is 232 g/mol. The van der Waals surface area contributed by atoms with Crippen LogP contribution in [0.15, 0.2) is 36.4 Å². The van der Waals surface area contributed by atoms with Crippen LogP contribution in [-0.4, -0.2) is 13.2 Å². The predicted octanol–water partition coefficient (Wildman–Crippen LogP) is 3.83. The Bertz CT molecular complexity index is 675. The number of fused-ring (bicyclic) bond motifs is 2. The average molecular weight is 250 g/mol. The van der Waals surface area contributed by atoms with Gasteiger partial charge in [-0.05, 0) is 36.6 Å². The number of hydrogen-bond donors (Lipinski definition) is 0. The minimum Gasteiger partial charge on any atom is -0.353 e. The maximum atomic E-state index is 2.51. The summed E-state index contributed by atoms with van der Waals surface area (Å²) in [4.78, 5) is 4.89. The second kappa shape index (κ2) is 3.53. The van der Waals surface area contributed by atoms with Crippen LogP contribution in [0.4, 0.5) is 17.1 Å². The summed E-state index contributed by atoms with van der Waals surface area (Å²) in [7, 11) is 2.19. The van der Waals surface area contributed by atoms with Gasteiger partial charge in [-0.1, -0.05) is 30.3 Å². The van der Waals surface area contributed by atoms with Crippen molar-refractivity contribution in [2.24, 2.45) is 0 Å². The molecule has 0 spiro atoms. The Morgan fingerprint density at radius 2 is 1.68 bits per heavy atom. The molecule has 2 aromatic carbocycles.